The highest BCUT2D eigenvalue weighted by molar-refractivity contribution is 6.06. The van der Waals surface area contributed by atoms with Crippen molar-refractivity contribution in [3.05, 3.63) is 41.8 Å². The number of aliphatic carboxylic acids is 1. The maximum atomic E-state index is 13.6. The first-order valence-corrected chi connectivity index (χ1v) is 6.47. The highest BCUT2D eigenvalue weighted by Gasteiger charge is 2.33. The predicted octanol–water partition coefficient (Wildman–Crippen LogP) is 2.36. The first-order valence-electron chi connectivity index (χ1n) is 6.47. The van der Waals surface area contributed by atoms with E-state index in [0.717, 1.165) is 6.07 Å². The molecule has 1 amide bonds. The second-order valence-electron chi connectivity index (χ2n) is 4.97. The van der Waals surface area contributed by atoms with E-state index in [1.165, 1.54) is 19.2 Å². The van der Waals surface area contributed by atoms with Crippen molar-refractivity contribution in [3.8, 4) is 0 Å². The number of pyridine rings is 1. The fourth-order valence-electron chi connectivity index (χ4n) is 1.94. The van der Waals surface area contributed by atoms with Gasteiger partial charge < -0.3 is 10.4 Å². The third-order valence-corrected chi connectivity index (χ3v) is 3.48. The third-order valence-electron chi connectivity index (χ3n) is 3.48. The molecule has 1 heterocycles. The summed E-state index contributed by atoms with van der Waals surface area (Å²) in [6.07, 6.45) is 1.70. The fourth-order valence-corrected chi connectivity index (χ4v) is 1.94. The number of hydrogen-bond acceptors (Lipinski definition) is 3. The Morgan fingerprint density at radius 2 is 2.14 bits per heavy atom. The highest BCUT2D eigenvalue weighted by Crippen LogP contribution is 2.20. The van der Waals surface area contributed by atoms with Gasteiger partial charge in [-0.1, -0.05) is 13.0 Å². The minimum absolute atomic E-state index is 0.0199. The number of hydrogen-bond donors (Lipinski definition) is 2. The van der Waals surface area contributed by atoms with Crippen molar-refractivity contribution >= 4 is 22.8 Å². The van der Waals surface area contributed by atoms with Crippen LogP contribution in [-0.4, -0.2) is 27.5 Å². The molecule has 0 bridgehead atoms. The number of halogens is 1. The largest absolute Gasteiger partial charge is 0.480 e. The van der Waals surface area contributed by atoms with Gasteiger partial charge in [0, 0.05) is 11.6 Å². The molecule has 0 aliphatic heterocycles. The van der Waals surface area contributed by atoms with E-state index in [1.54, 1.807) is 19.1 Å². The number of carbonyl (C=O) groups is 2. The lowest BCUT2D eigenvalue weighted by atomic mass is 9.98. The normalized spacial score (nSPS) is 13.7. The summed E-state index contributed by atoms with van der Waals surface area (Å²) in [5, 5.41) is 12.1. The summed E-state index contributed by atoms with van der Waals surface area (Å²) in [6.45, 7) is 3.05. The molecule has 110 valence electrons. The number of aromatic nitrogens is 1. The molecule has 1 aromatic heterocycles. The van der Waals surface area contributed by atoms with Gasteiger partial charge in [0.1, 0.15) is 11.4 Å². The van der Waals surface area contributed by atoms with Gasteiger partial charge in [0.2, 0.25) is 0 Å². The minimum Gasteiger partial charge on any atom is -0.480 e. The molecule has 2 aromatic rings. The molecular weight excluding hydrogens is 275 g/mol. The van der Waals surface area contributed by atoms with Crippen LogP contribution in [-0.2, 0) is 4.79 Å². The molecule has 0 aliphatic rings. The van der Waals surface area contributed by atoms with E-state index >= 15 is 0 Å². The third kappa shape index (κ3) is 2.84. The van der Waals surface area contributed by atoms with Crippen molar-refractivity contribution in [2.75, 3.05) is 0 Å². The molecule has 6 heteroatoms. The Balaban J connectivity index is 2.47. The number of fused-ring (bicyclic) bond motifs is 1. The van der Waals surface area contributed by atoms with Crippen LogP contribution in [0.25, 0.3) is 10.9 Å². The molecule has 0 aliphatic carbocycles. The van der Waals surface area contributed by atoms with E-state index in [4.69, 9.17) is 0 Å². The van der Waals surface area contributed by atoms with Crippen LogP contribution < -0.4 is 5.32 Å². The van der Waals surface area contributed by atoms with E-state index in [-0.39, 0.29) is 12.0 Å². The van der Waals surface area contributed by atoms with Crippen LogP contribution in [0.4, 0.5) is 4.39 Å². The molecule has 0 fully saturated rings. The number of benzene rings is 1. The van der Waals surface area contributed by atoms with Gasteiger partial charge >= 0.3 is 5.97 Å². The molecule has 1 unspecified atom stereocenters. The smallest absolute Gasteiger partial charge is 0.329 e. The number of nitrogens with zero attached hydrogens (tertiary/aromatic N) is 1. The zero-order chi connectivity index (χ0) is 15.6. The maximum Gasteiger partial charge on any atom is 0.329 e. The van der Waals surface area contributed by atoms with E-state index < -0.39 is 23.2 Å². The van der Waals surface area contributed by atoms with Crippen molar-refractivity contribution in [1.82, 2.24) is 10.3 Å². The number of carbonyl (C=O) groups excluding carboxylic acids is 1. The minimum atomic E-state index is -1.41. The van der Waals surface area contributed by atoms with E-state index in [1.807, 2.05) is 0 Å². The zero-order valence-corrected chi connectivity index (χ0v) is 11.7. The number of rotatable bonds is 4. The summed E-state index contributed by atoms with van der Waals surface area (Å²) in [5.41, 5.74) is -1.06. The molecule has 0 radical (unpaired) electrons. The van der Waals surface area contributed by atoms with Crippen molar-refractivity contribution in [3.63, 3.8) is 0 Å². The van der Waals surface area contributed by atoms with Gasteiger partial charge in [-0.25, -0.2) is 9.18 Å². The maximum absolute atomic E-state index is 13.6. The van der Waals surface area contributed by atoms with Crippen molar-refractivity contribution in [2.45, 2.75) is 25.8 Å². The monoisotopic (exact) mass is 290 g/mol. The van der Waals surface area contributed by atoms with E-state index in [9.17, 15) is 19.1 Å². The van der Waals surface area contributed by atoms with Gasteiger partial charge in [0.15, 0.2) is 0 Å². The van der Waals surface area contributed by atoms with Crippen molar-refractivity contribution in [1.29, 1.82) is 0 Å². The molecule has 1 aromatic carbocycles. The van der Waals surface area contributed by atoms with Crippen LogP contribution in [0.2, 0.25) is 0 Å². The average molecular weight is 290 g/mol. The first kappa shape index (κ1) is 14.9. The molecule has 2 rings (SSSR count). The molecule has 1 atom stereocenters. The van der Waals surface area contributed by atoms with Crippen molar-refractivity contribution < 1.29 is 19.1 Å². The topological polar surface area (TPSA) is 79.3 Å². The highest BCUT2D eigenvalue weighted by atomic mass is 19.1. The van der Waals surface area contributed by atoms with Crippen molar-refractivity contribution in [2.24, 2.45) is 0 Å². The van der Waals surface area contributed by atoms with Crippen LogP contribution in [0.5, 0.6) is 0 Å². The lowest BCUT2D eigenvalue weighted by molar-refractivity contribution is -0.143. The quantitative estimate of drug-likeness (QED) is 0.906. The van der Waals surface area contributed by atoms with Crippen LogP contribution >= 0.6 is 0 Å². The van der Waals surface area contributed by atoms with Crippen LogP contribution in [0, 0.1) is 5.82 Å². The Hall–Kier alpha value is -2.50. The molecule has 5 nitrogen and oxygen atoms in total. The number of nitrogens with one attached hydrogen (secondary N) is 1. The molecule has 21 heavy (non-hydrogen) atoms. The standard InChI is InChI=1S/C15H15FN2O3/c1-3-15(2,14(20)21)18-13(19)11-8-10(16)7-9-5-4-6-17-12(9)11/h4-8H,3H2,1-2H3,(H,18,19)(H,20,21). The number of carboxylic acids is 1. The predicted molar refractivity (Wildman–Crippen MR) is 75.5 cm³/mol. The first-order chi connectivity index (χ1) is 9.87. The van der Waals surface area contributed by atoms with E-state index in [0.29, 0.717) is 10.9 Å². The molecule has 0 saturated carbocycles. The summed E-state index contributed by atoms with van der Waals surface area (Å²) in [6, 6.07) is 5.60. The average Bonchev–Trinajstić information content (AvgIpc) is 2.45. The Bertz CT molecular complexity index is 717. The fraction of sp³-hybridized carbons (Fsp3) is 0.267. The van der Waals surface area contributed by atoms with Gasteiger partial charge in [-0.3, -0.25) is 9.78 Å². The Morgan fingerprint density at radius 1 is 1.43 bits per heavy atom. The van der Waals surface area contributed by atoms with Gasteiger partial charge in [-0.2, -0.15) is 0 Å². The summed E-state index contributed by atoms with van der Waals surface area (Å²) >= 11 is 0. The second-order valence-corrected chi connectivity index (χ2v) is 4.97. The molecule has 0 saturated heterocycles. The summed E-state index contributed by atoms with van der Waals surface area (Å²) in [7, 11) is 0. The SMILES string of the molecule is CCC(C)(NC(=O)c1cc(F)cc2cccnc12)C(=O)O. The van der Waals surface area contributed by atoms with Gasteiger partial charge in [0.25, 0.3) is 5.91 Å². The number of amides is 1. The molecule has 2 N–H and O–H groups in total. The Labute approximate surface area is 120 Å². The summed E-state index contributed by atoms with van der Waals surface area (Å²) in [5.74, 6) is -2.38. The van der Waals surface area contributed by atoms with Gasteiger partial charge in [-0.05, 0) is 31.5 Å². The van der Waals surface area contributed by atoms with Crippen LogP contribution in [0.15, 0.2) is 30.5 Å². The zero-order valence-electron chi connectivity index (χ0n) is 11.7. The van der Waals surface area contributed by atoms with Crippen LogP contribution in [0.1, 0.15) is 30.6 Å². The summed E-state index contributed by atoms with van der Waals surface area (Å²) in [4.78, 5) is 27.6. The Morgan fingerprint density at radius 3 is 2.76 bits per heavy atom. The molecule has 0 spiro atoms. The number of carboxylic acid groups (broad SMARTS) is 1. The van der Waals surface area contributed by atoms with E-state index in [2.05, 4.69) is 10.3 Å². The second kappa shape index (κ2) is 5.47. The lowest BCUT2D eigenvalue weighted by Gasteiger charge is -2.24. The summed E-state index contributed by atoms with van der Waals surface area (Å²) < 4.78 is 13.6. The Kier molecular flexibility index (Phi) is 3.88. The lowest BCUT2D eigenvalue weighted by Crippen LogP contribution is -2.51. The van der Waals surface area contributed by atoms with Crippen LogP contribution in [0.3, 0.4) is 0 Å². The van der Waals surface area contributed by atoms with Gasteiger partial charge in [-0.15, -0.1) is 0 Å². The molecular formula is C15H15FN2O3. The van der Waals surface area contributed by atoms with Gasteiger partial charge in [0.05, 0.1) is 11.1 Å².